The highest BCUT2D eigenvalue weighted by Gasteiger charge is 2.28. The zero-order valence-electron chi connectivity index (χ0n) is 15.0. The van der Waals surface area contributed by atoms with E-state index in [1.165, 1.54) is 0 Å². The van der Waals surface area contributed by atoms with Gasteiger partial charge < -0.3 is 15.7 Å². The van der Waals surface area contributed by atoms with E-state index >= 15 is 0 Å². The van der Waals surface area contributed by atoms with Crippen molar-refractivity contribution >= 4 is 11.8 Å². The highest BCUT2D eigenvalue weighted by molar-refractivity contribution is 5.88. The number of hydrogen-bond donors (Lipinski definition) is 3. The molecule has 0 radical (unpaired) electrons. The summed E-state index contributed by atoms with van der Waals surface area (Å²) in [5.74, 6) is -0.134. The second-order valence-electron chi connectivity index (χ2n) is 7.05. The molecule has 0 aromatic heterocycles. The normalized spacial score (nSPS) is 28.0. The van der Waals surface area contributed by atoms with Crippen molar-refractivity contribution in [2.45, 2.75) is 57.7 Å². The minimum atomic E-state index is -0.390. The van der Waals surface area contributed by atoms with Gasteiger partial charge in [0.1, 0.15) is 6.04 Å². The molecular formula is C17H32N4O3. The van der Waals surface area contributed by atoms with Crippen LogP contribution < -0.4 is 10.6 Å². The number of aliphatic hydroxyl groups excluding tert-OH is 1. The Kier molecular flexibility index (Phi) is 7.45. The van der Waals surface area contributed by atoms with Crippen LogP contribution in [0.3, 0.4) is 0 Å². The van der Waals surface area contributed by atoms with Gasteiger partial charge in [0.05, 0.1) is 12.6 Å². The Hall–Kier alpha value is -1.18. The molecule has 2 amide bonds. The van der Waals surface area contributed by atoms with Crippen LogP contribution in [0.15, 0.2) is 0 Å². The maximum atomic E-state index is 12.3. The average molecular weight is 340 g/mol. The van der Waals surface area contributed by atoms with Crippen LogP contribution >= 0.6 is 0 Å². The Morgan fingerprint density at radius 3 is 2.92 bits per heavy atom. The number of nitrogens with zero attached hydrogens (tertiary/aromatic N) is 2. The van der Waals surface area contributed by atoms with Gasteiger partial charge in [0, 0.05) is 38.8 Å². The van der Waals surface area contributed by atoms with Gasteiger partial charge >= 0.3 is 0 Å². The van der Waals surface area contributed by atoms with Crippen molar-refractivity contribution in [3.05, 3.63) is 0 Å². The van der Waals surface area contributed by atoms with Crippen LogP contribution in [0.2, 0.25) is 0 Å². The summed E-state index contributed by atoms with van der Waals surface area (Å²) in [5, 5.41) is 15.3. The summed E-state index contributed by atoms with van der Waals surface area (Å²) < 4.78 is 0. The first-order chi connectivity index (χ1) is 11.5. The molecule has 0 aliphatic carbocycles. The molecule has 2 rings (SSSR count). The van der Waals surface area contributed by atoms with Crippen molar-refractivity contribution < 1.29 is 14.7 Å². The molecule has 0 bridgehead atoms. The number of carbonyl (C=O) groups is 2. The first-order valence-electron chi connectivity index (χ1n) is 9.21. The molecule has 24 heavy (non-hydrogen) atoms. The minimum Gasteiger partial charge on any atom is -0.392 e. The van der Waals surface area contributed by atoms with E-state index in [4.69, 9.17) is 0 Å². The molecule has 0 saturated carbocycles. The van der Waals surface area contributed by atoms with Crippen molar-refractivity contribution in [2.75, 3.05) is 39.3 Å². The summed E-state index contributed by atoms with van der Waals surface area (Å²) in [5.41, 5.74) is 0. The first kappa shape index (κ1) is 19.1. The van der Waals surface area contributed by atoms with E-state index in [-0.39, 0.29) is 17.9 Å². The van der Waals surface area contributed by atoms with Gasteiger partial charge in [-0.05, 0) is 32.6 Å². The van der Waals surface area contributed by atoms with E-state index in [0.717, 1.165) is 45.3 Å². The second-order valence-corrected chi connectivity index (χ2v) is 7.05. The lowest BCUT2D eigenvalue weighted by atomic mass is 10.1. The fourth-order valence-electron chi connectivity index (χ4n) is 3.59. The van der Waals surface area contributed by atoms with Crippen LogP contribution in [0.25, 0.3) is 0 Å². The zero-order valence-corrected chi connectivity index (χ0v) is 15.0. The van der Waals surface area contributed by atoms with Gasteiger partial charge in [0.25, 0.3) is 0 Å². The summed E-state index contributed by atoms with van der Waals surface area (Å²) in [6, 6.07) is -0.0270. The Morgan fingerprint density at radius 1 is 1.42 bits per heavy atom. The number of aliphatic hydroxyl groups is 1. The highest BCUT2D eigenvalue weighted by atomic mass is 16.3. The average Bonchev–Trinajstić information content (AvgIpc) is 2.73. The van der Waals surface area contributed by atoms with Gasteiger partial charge in [-0.15, -0.1) is 0 Å². The van der Waals surface area contributed by atoms with E-state index in [1.807, 2.05) is 6.92 Å². The third-order valence-corrected chi connectivity index (χ3v) is 4.90. The summed E-state index contributed by atoms with van der Waals surface area (Å²) in [6.07, 6.45) is 3.32. The van der Waals surface area contributed by atoms with Crippen LogP contribution in [0.1, 0.15) is 39.5 Å². The van der Waals surface area contributed by atoms with Gasteiger partial charge in [-0.3, -0.25) is 19.4 Å². The van der Waals surface area contributed by atoms with E-state index in [1.54, 1.807) is 0 Å². The molecule has 0 aromatic rings. The molecule has 2 heterocycles. The lowest BCUT2D eigenvalue weighted by Gasteiger charge is -2.41. The lowest BCUT2D eigenvalue weighted by Crippen LogP contribution is -2.57. The molecule has 2 aliphatic rings. The zero-order chi connectivity index (χ0) is 17.5. The summed E-state index contributed by atoms with van der Waals surface area (Å²) >= 11 is 0. The van der Waals surface area contributed by atoms with E-state index in [9.17, 15) is 14.7 Å². The quantitative estimate of drug-likeness (QED) is 0.610. The summed E-state index contributed by atoms with van der Waals surface area (Å²) in [6.45, 7) is 8.17. The number of β-amino-alcohol motifs (C(OH)–C–C–N with tert-alkyl or cyclic N) is 1. The molecule has 0 unspecified atom stereocenters. The predicted octanol–water partition coefficient (Wildman–Crippen LogP) is -0.452. The topological polar surface area (TPSA) is 84.9 Å². The van der Waals surface area contributed by atoms with Crippen molar-refractivity contribution in [3.8, 4) is 0 Å². The third kappa shape index (κ3) is 5.72. The van der Waals surface area contributed by atoms with E-state index < -0.39 is 6.04 Å². The van der Waals surface area contributed by atoms with Crippen molar-refractivity contribution in [1.29, 1.82) is 0 Å². The highest BCUT2D eigenvalue weighted by Crippen LogP contribution is 2.13. The minimum absolute atomic E-state index is 0.0611. The molecule has 3 atom stereocenters. The van der Waals surface area contributed by atoms with Gasteiger partial charge in [-0.2, -0.15) is 0 Å². The van der Waals surface area contributed by atoms with E-state index in [0.29, 0.717) is 25.7 Å². The van der Waals surface area contributed by atoms with Crippen LogP contribution in [0, 0.1) is 0 Å². The molecule has 0 spiro atoms. The number of hydrogen-bond acceptors (Lipinski definition) is 5. The molecule has 2 aliphatic heterocycles. The maximum Gasteiger partial charge on any atom is 0.242 e. The SMILES string of the molecule is CC[C@@H]1CN(CC(=O)N[C@H]2CCCCNC2=O)CCN1C[C@H](C)O. The molecule has 7 heteroatoms. The van der Waals surface area contributed by atoms with Crippen LogP contribution in [-0.2, 0) is 9.59 Å². The van der Waals surface area contributed by atoms with Crippen molar-refractivity contribution in [1.82, 2.24) is 20.4 Å². The molecule has 2 saturated heterocycles. The molecular weight excluding hydrogens is 308 g/mol. The van der Waals surface area contributed by atoms with Crippen LogP contribution in [0.4, 0.5) is 0 Å². The largest absolute Gasteiger partial charge is 0.392 e. The van der Waals surface area contributed by atoms with Crippen molar-refractivity contribution in [2.24, 2.45) is 0 Å². The van der Waals surface area contributed by atoms with Gasteiger partial charge in [0.2, 0.25) is 11.8 Å². The van der Waals surface area contributed by atoms with Gasteiger partial charge in [0.15, 0.2) is 0 Å². The molecule has 2 fully saturated rings. The van der Waals surface area contributed by atoms with Crippen molar-refractivity contribution in [3.63, 3.8) is 0 Å². The predicted molar refractivity (Wildman–Crippen MR) is 92.6 cm³/mol. The Bertz CT molecular complexity index is 430. The Labute approximate surface area is 144 Å². The number of amides is 2. The van der Waals surface area contributed by atoms with Gasteiger partial charge in [-0.1, -0.05) is 6.92 Å². The standard InChI is InChI=1S/C17H32N4O3/c1-3-14-11-20(8-9-21(14)10-13(2)22)12-16(23)19-15-6-4-5-7-18-17(15)24/h13-15,22H,3-12H2,1-2H3,(H,18,24)(H,19,23)/t13-,14+,15-/m0/s1. The van der Waals surface area contributed by atoms with E-state index in [2.05, 4.69) is 27.4 Å². The fraction of sp³-hybridized carbons (Fsp3) is 0.882. The maximum absolute atomic E-state index is 12.3. The smallest absolute Gasteiger partial charge is 0.242 e. The third-order valence-electron chi connectivity index (χ3n) is 4.90. The molecule has 7 nitrogen and oxygen atoms in total. The van der Waals surface area contributed by atoms with Crippen LogP contribution in [-0.4, -0.2) is 84.2 Å². The lowest BCUT2D eigenvalue weighted by molar-refractivity contribution is -0.129. The van der Waals surface area contributed by atoms with Crippen LogP contribution in [0.5, 0.6) is 0 Å². The summed E-state index contributed by atoms with van der Waals surface area (Å²) in [7, 11) is 0. The number of nitrogens with one attached hydrogen (secondary N) is 2. The fourth-order valence-corrected chi connectivity index (χ4v) is 3.59. The monoisotopic (exact) mass is 340 g/mol. The first-order valence-corrected chi connectivity index (χ1v) is 9.21. The Balaban J connectivity index is 1.80. The number of piperazine rings is 1. The molecule has 0 aromatic carbocycles. The molecule has 3 N–H and O–H groups in total. The Morgan fingerprint density at radius 2 is 2.21 bits per heavy atom. The number of rotatable bonds is 6. The second kappa shape index (κ2) is 9.34. The van der Waals surface area contributed by atoms with Gasteiger partial charge in [-0.25, -0.2) is 0 Å². The number of carbonyl (C=O) groups excluding carboxylic acids is 2. The summed E-state index contributed by atoms with van der Waals surface area (Å²) in [4.78, 5) is 28.7. The molecule has 138 valence electrons.